The van der Waals surface area contributed by atoms with Gasteiger partial charge in [-0.15, -0.1) is 0 Å². The van der Waals surface area contributed by atoms with E-state index in [1.165, 1.54) is 0 Å². The van der Waals surface area contributed by atoms with Crippen LogP contribution in [0.1, 0.15) is 23.2 Å². The predicted molar refractivity (Wildman–Crippen MR) is 70.3 cm³/mol. The first-order chi connectivity index (χ1) is 8.08. The molecule has 1 amide bonds. The van der Waals surface area contributed by atoms with E-state index in [-0.39, 0.29) is 5.91 Å². The Kier molecular flexibility index (Phi) is 4.07. The minimum atomic E-state index is -0.411. The summed E-state index contributed by atoms with van der Waals surface area (Å²) >= 11 is 9.23. The normalized spacial score (nSPS) is 20.4. The van der Waals surface area contributed by atoms with Crippen LogP contribution in [0.2, 0.25) is 5.02 Å². The molecule has 2 rings (SSSR count). The van der Waals surface area contributed by atoms with E-state index in [0.717, 1.165) is 17.3 Å². The van der Waals surface area contributed by atoms with Crippen LogP contribution in [0.4, 0.5) is 0 Å². The fourth-order valence-electron chi connectivity index (χ4n) is 1.97. The Morgan fingerprint density at radius 1 is 1.53 bits per heavy atom. The molecule has 0 radical (unpaired) electrons. The van der Waals surface area contributed by atoms with E-state index in [1.54, 1.807) is 23.1 Å². The molecule has 1 aliphatic heterocycles. The van der Waals surface area contributed by atoms with Crippen molar-refractivity contribution in [3.63, 3.8) is 0 Å². The fraction of sp³-hybridized carbons (Fsp3) is 0.417. The third-order valence-corrected chi connectivity index (χ3v) is 3.77. The van der Waals surface area contributed by atoms with Gasteiger partial charge < -0.3 is 10.0 Å². The summed E-state index contributed by atoms with van der Waals surface area (Å²) < 4.78 is 0.729. The Morgan fingerprint density at radius 3 is 3.00 bits per heavy atom. The van der Waals surface area contributed by atoms with Crippen LogP contribution in [-0.2, 0) is 0 Å². The number of nitrogens with zero attached hydrogens (tertiary/aromatic N) is 1. The molecule has 17 heavy (non-hydrogen) atoms. The van der Waals surface area contributed by atoms with Gasteiger partial charge in [-0.05, 0) is 47.0 Å². The molecule has 5 heteroatoms. The first-order valence-electron chi connectivity index (χ1n) is 5.50. The standard InChI is InChI=1S/C12H13BrClNO2/c13-11-4-3-8(14)6-10(11)12(17)15-5-1-2-9(16)7-15/h3-4,6,9,16H,1-2,5,7H2. The Hall–Kier alpha value is -0.580. The van der Waals surface area contributed by atoms with Crippen LogP contribution < -0.4 is 0 Å². The summed E-state index contributed by atoms with van der Waals surface area (Å²) in [6, 6.07) is 5.14. The summed E-state index contributed by atoms with van der Waals surface area (Å²) in [4.78, 5) is 13.9. The lowest BCUT2D eigenvalue weighted by Crippen LogP contribution is -2.42. The molecular formula is C12H13BrClNO2. The van der Waals surface area contributed by atoms with Gasteiger partial charge in [0.1, 0.15) is 0 Å². The summed E-state index contributed by atoms with van der Waals surface area (Å²) in [7, 11) is 0. The van der Waals surface area contributed by atoms with Crippen molar-refractivity contribution in [3.8, 4) is 0 Å². The van der Waals surface area contributed by atoms with Crippen molar-refractivity contribution in [2.75, 3.05) is 13.1 Å². The molecule has 1 saturated heterocycles. The maximum absolute atomic E-state index is 12.2. The highest BCUT2D eigenvalue weighted by atomic mass is 79.9. The number of carbonyl (C=O) groups excluding carboxylic acids is 1. The molecular weight excluding hydrogens is 305 g/mol. The molecule has 1 N–H and O–H groups in total. The van der Waals surface area contributed by atoms with Crippen LogP contribution in [0.25, 0.3) is 0 Å². The smallest absolute Gasteiger partial charge is 0.255 e. The number of benzene rings is 1. The van der Waals surface area contributed by atoms with Crippen molar-refractivity contribution in [2.24, 2.45) is 0 Å². The second kappa shape index (κ2) is 5.38. The van der Waals surface area contributed by atoms with Gasteiger partial charge in [0, 0.05) is 22.6 Å². The lowest BCUT2D eigenvalue weighted by Gasteiger charge is -2.30. The zero-order chi connectivity index (χ0) is 12.4. The van der Waals surface area contributed by atoms with Gasteiger partial charge in [0.2, 0.25) is 0 Å². The molecule has 0 bridgehead atoms. The lowest BCUT2D eigenvalue weighted by molar-refractivity contribution is 0.0473. The molecule has 92 valence electrons. The maximum atomic E-state index is 12.2. The van der Waals surface area contributed by atoms with Gasteiger partial charge in [-0.3, -0.25) is 4.79 Å². The van der Waals surface area contributed by atoms with Crippen LogP contribution in [0.15, 0.2) is 22.7 Å². The third kappa shape index (κ3) is 3.00. The molecule has 0 spiro atoms. The van der Waals surface area contributed by atoms with E-state index >= 15 is 0 Å². The van der Waals surface area contributed by atoms with E-state index in [0.29, 0.717) is 23.7 Å². The highest BCUT2D eigenvalue weighted by Gasteiger charge is 2.24. The number of amides is 1. The second-order valence-corrected chi connectivity index (χ2v) is 5.46. The molecule has 0 aliphatic carbocycles. The monoisotopic (exact) mass is 317 g/mol. The van der Waals surface area contributed by atoms with Gasteiger partial charge in [0.05, 0.1) is 11.7 Å². The maximum Gasteiger partial charge on any atom is 0.255 e. The number of likely N-dealkylation sites (tertiary alicyclic amines) is 1. The first kappa shape index (κ1) is 12.9. The van der Waals surface area contributed by atoms with Crippen molar-refractivity contribution in [2.45, 2.75) is 18.9 Å². The van der Waals surface area contributed by atoms with Crippen molar-refractivity contribution in [3.05, 3.63) is 33.3 Å². The summed E-state index contributed by atoms with van der Waals surface area (Å²) in [5, 5.41) is 10.1. The van der Waals surface area contributed by atoms with Gasteiger partial charge >= 0.3 is 0 Å². The number of β-amino-alcohol motifs (C(OH)–C–C–N with tert-alkyl or cyclic N) is 1. The van der Waals surface area contributed by atoms with Gasteiger partial charge in [-0.1, -0.05) is 11.6 Å². The number of rotatable bonds is 1. The van der Waals surface area contributed by atoms with Crippen molar-refractivity contribution < 1.29 is 9.90 Å². The topological polar surface area (TPSA) is 40.5 Å². The van der Waals surface area contributed by atoms with Crippen molar-refractivity contribution in [1.82, 2.24) is 4.90 Å². The molecule has 1 unspecified atom stereocenters. The van der Waals surface area contributed by atoms with Gasteiger partial charge in [-0.2, -0.15) is 0 Å². The largest absolute Gasteiger partial charge is 0.391 e. The van der Waals surface area contributed by atoms with Gasteiger partial charge in [-0.25, -0.2) is 0 Å². The minimum absolute atomic E-state index is 0.0851. The van der Waals surface area contributed by atoms with E-state index in [2.05, 4.69) is 15.9 Å². The average molecular weight is 319 g/mol. The highest BCUT2D eigenvalue weighted by Crippen LogP contribution is 2.24. The molecule has 1 aromatic rings. The van der Waals surface area contributed by atoms with Gasteiger partial charge in [0.25, 0.3) is 5.91 Å². The molecule has 0 aromatic heterocycles. The SMILES string of the molecule is O=C(c1cc(Cl)ccc1Br)N1CCCC(O)C1. The van der Waals surface area contributed by atoms with E-state index in [4.69, 9.17) is 11.6 Å². The van der Waals surface area contributed by atoms with Crippen LogP contribution in [0, 0.1) is 0 Å². The van der Waals surface area contributed by atoms with Crippen LogP contribution in [-0.4, -0.2) is 35.1 Å². The van der Waals surface area contributed by atoms with E-state index in [9.17, 15) is 9.90 Å². The fourth-order valence-corrected chi connectivity index (χ4v) is 2.56. The Balaban J connectivity index is 2.21. The zero-order valence-electron chi connectivity index (χ0n) is 9.20. The molecule has 1 atom stereocenters. The number of aliphatic hydroxyl groups excluding tert-OH is 1. The Labute approximate surface area is 114 Å². The van der Waals surface area contributed by atoms with Crippen LogP contribution in [0.3, 0.4) is 0 Å². The summed E-state index contributed by atoms with van der Waals surface area (Å²) in [6.45, 7) is 1.09. The van der Waals surface area contributed by atoms with Crippen LogP contribution >= 0.6 is 27.5 Å². The molecule has 1 heterocycles. The number of hydrogen-bond donors (Lipinski definition) is 1. The molecule has 3 nitrogen and oxygen atoms in total. The molecule has 1 aromatic carbocycles. The summed E-state index contributed by atoms with van der Waals surface area (Å²) in [6.07, 6.45) is 1.19. The quantitative estimate of drug-likeness (QED) is 0.865. The van der Waals surface area contributed by atoms with Crippen LogP contribution in [0.5, 0.6) is 0 Å². The Bertz CT molecular complexity index is 439. The van der Waals surface area contributed by atoms with Gasteiger partial charge in [0.15, 0.2) is 0 Å². The minimum Gasteiger partial charge on any atom is -0.391 e. The van der Waals surface area contributed by atoms with Crippen molar-refractivity contribution >= 4 is 33.4 Å². The third-order valence-electron chi connectivity index (χ3n) is 2.84. The number of carbonyl (C=O) groups is 1. The summed E-state index contributed by atoms with van der Waals surface area (Å²) in [5.41, 5.74) is 0.548. The predicted octanol–water partition coefficient (Wildman–Crippen LogP) is 2.70. The Morgan fingerprint density at radius 2 is 2.29 bits per heavy atom. The highest BCUT2D eigenvalue weighted by molar-refractivity contribution is 9.10. The number of hydrogen-bond acceptors (Lipinski definition) is 2. The van der Waals surface area contributed by atoms with E-state index in [1.807, 2.05) is 0 Å². The first-order valence-corrected chi connectivity index (χ1v) is 6.67. The van der Waals surface area contributed by atoms with E-state index < -0.39 is 6.10 Å². The molecule has 1 fully saturated rings. The lowest BCUT2D eigenvalue weighted by atomic mass is 10.1. The average Bonchev–Trinajstić information content (AvgIpc) is 2.31. The molecule has 0 saturated carbocycles. The second-order valence-electron chi connectivity index (χ2n) is 4.17. The van der Waals surface area contributed by atoms with Crippen molar-refractivity contribution in [1.29, 1.82) is 0 Å². The zero-order valence-corrected chi connectivity index (χ0v) is 11.5. The number of piperidine rings is 1. The number of halogens is 2. The summed E-state index contributed by atoms with van der Waals surface area (Å²) in [5.74, 6) is -0.0851. The molecule has 1 aliphatic rings. The number of aliphatic hydroxyl groups is 1.